The minimum atomic E-state index is -6.10. The van der Waals surface area contributed by atoms with Gasteiger partial charge < -0.3 is 0 Å². The van der Waals surface area contributed by atoms with E-state index in [-0.39, 0.29) is 0 Å². The Morgan fingerprint density at radius 2 is 0.576 bits per heavy atom. The lowest BCUT2D eigenvalue weighted by Crippen LogP contribution is -2.27. The summed E-state index contributed by atoms with van der Waals surface area (Å²) in [6.45, 7) is 0. The molecule has 198 valence electrons. The zero-order chi connectivity index (χ0) is 27.9. The molecule has 0 aliphatic heterocycles. The minimum Gasteiger partial charge on any atom is -0.191 e. The number of hydrogen-bond donors (Lipinski definition) is 0. The van der Waals surface area contributed by atoms with Crippen LogP contribution in [0.25, 0.3) is 0 Å². The predicted molar refractivity (Wildman–Crippen MR) is 69.2 cm³/mol. The SMILES string of the molecule is O=[N+]([O-])OS(=O)(=O)C(F)(F)F.O=[N+]([O-])OS(=O)(=O)C(F)(F)F.O=[N+]([O-])OS(=O)(=O)C(F)(F)F. The molecular weight excluding hydrogens is 585 g/mol. The van der Waals surface area contributed by atoms with Crippen LogP contribution in [0.2, 0.25) is 0 Å². The summed E-state index contributed by atoms with van der Waals surface area (Å²) in [5, 5.41) is 21.3. The van der Waals surface area contributed by atoms with Gasteiger partial charge >= 0.3 is 62.1 Å². The van der Waals surface area contributed by atoms with Gasteiger partial charge in [0.15, 0.2) is 0 Å². The predicted octanol–water partition coefficient (Wildman–Crippen LogP) is 0.133. The molecule has 0 fully saturated rings. The van der Waals surface area contributed by atoms with Crippen LogP contribution in [0.5, 0.6) is 0 Å². The van der Waals surface area contributed by atoms with Crippen molar-refractivity contribution in [2.45, 2.75) is 16.5 Å². The van der Waals surface area contributed by atoms with Crippen molar-refractivity contribution in [3.05, 3.63) is 30.3 Å². The first-order chi connectivity index (χ1) is 14.0. The van der Waals surface area contributed by atoms with Crippen LogP contribution in [0.3, 0.4) is 0 Å². The molecule has 0 bridgehead atoms. The number of hydrogen-bond acceptors (Lipinski definition) is 15. The molecule has 0 heterocycles. The molecule has 0 aliphatic carbocycles. The Bertz CT molecular complexity index is 887. The molecule has 18 nitrogen and oxygen atoms in total. The fourth-order valence-corrected chi connectivity index (χ4v) is 1.10. The van der Waals surface area contributed by atoms with Crippen LogP contribution >= 0.6 is 0 Å². The summed E-state index contributed by atoms with van der Waals surface area (Å²) in [5.74, 6) is 0. The molecule has 0 aromatic heterocycles. The Hall–Kier alpha value is -3.18. The van der Waals surface area contributed by atoms with Gasteiger partial charge in [0.05, 0.1) is 0 Å². The second-order valence-corrected chi connectivity index (χ2v) is 8.15. The molecule has 0 aromatic carbocycles. The van der Waals surface area contributed by atoms with Gasteiger partial charge in [0.1, 0.15) is 0 Å². The van der Waals surface area contributed by atoms with E-state index in [4.69, 9.17) is 30.3 Å². The fourth-order valence-electron chi connectivity index (χ4n) is 0.367. The van der Waals surface area contributed by atoms with Crippen molar-refractivity contribution in [1.29, 1.82) is 0 Å². The number of rotatable bonds is 6. The van der Waals surface area contributed by atoms with E-state index in [0.717, 1.165) is 0 Å². The Morgan fingerprint density at radius 3 is 0.606 bits per heavy atom. The van der Waals surface area contributed by atoms with Crippen molar-refractivity contribution < 1.29 is 92.9 Å². The van der Waals surface area contributed by atoms with E-state index in [1.807, 2.05) is 0 Å². The monoisotopic (exact) mass is 585 g/mol. The average Bonchev–Trinajstić information content (AvgIpc) is 2.40. The second kappa shape index (κ2) is 11.1. The summed E-state index contributed by atoms with van der Waals surface area (Å²) in [4.78, 5) is 27.5. The molecule has 30 heteroatoms. The van der Waals surface area contributed by atoms with Crippen LogP contribution < -0.4 is 0 Å². The van der Waals surface area contributed by atoms with Gasteiger partial charge in [-0.2, -0.15) is 77.6 Å². The van der Waals surface area contributed by atoms with Gasteiger partial charge in [0, 0.05) is 0 Å². The highest BCUT2D eigenvalue weighted by Gasteiger charge is 2.50. The van der Waals surface area contributed by atoms with Crippen LogP contribution in [-0.4, -0.2) is 57.0 Å². The summed E-state index contributed by atoms with van der Waals surface area (Å²) in [7, 11) is -18.3. The van der Waals surface area contributed by atoms with Crippen LogP contribution in [0, 0.1) is 30.3 Å². The highest BCUT2D eigenvalue weighted by atomic mass is 32.2. The van der Waals surface area contributed by atoms with Crippen LogP contribution in [-0.2, 0) is 43.2 Å². The molecule has 0 spiro atoms. The zero-order valence-corrected chi connectivity index (χ0v) is 16.0. The normalized spacial score (nSPS) is 12.6. The van der Waals surface area contributed by atoms with E-state index in [1.54, 1.807) is 0 Å². The van der Waals surface area contributed by atoms with Crippen molar-refractivity contribution in [2.75, 3.05) is 0 Å². The Balaban J connectivity index is -0.000000409. The molecule has 0 saturated heterocycles. The molecule has 0 saturated carbocycles. The first-order valence-corrected chi connectivity index (χ1v) is 9.68. The summed E-state index contributed by atoms with van der Waals surface area (Å²) in [6, 6.07) is 0. The smallest absolute Gasteiger partial charge is 0.191 e. The van der Waals surface area contributed by atoms with Gasteiger partial charge in [0.25, 0.3) is 0 Å². The van der Waals surface area contributed by atoms with E-state index in [9.17, 15) is 64.8 Å². The van der Waals surface area contributed by atoms with Crippen LogP contribution in [0.15, 0.2) is 0 Å². The molecule has 0 unspecified atom stereocenters. The molecule has 0 rings (SSSR count). The lowest BCUT2D eigenvalue weighted by molar-refractivity contribution is -0.712. The average molecular weight is 585 g/mol. The Labute approximate surface area is 171 Å². The first-order valence-electron chi connectivity index (χ1n) is 5.46. The van der Waals surface area contributed by atoms with E-state index < -0.39 is 62.1 Å². The molecular formula is C3F9N3O15S3. The molecule has 0 aromatic rings. The lowest BCUT2D eigenvalue weighted by Gasteiger charge is -2.02. The van der Waals surface area contributed by atoms with Crippen molar-refractivity contribution in [1.82, 2.24) is 0 Å². The summed E-state index contributed by atoms with van der Waals surface area (Å²) in [6.07, 6.45) is 0. The van der Waals surface area contributed by atoms with Gasteiger partial charge in [-0.05, 0) is 0 Å². The largest absolute Gasteiger partial charge is 0.522 e. The van der Waals surface area contributed by atoms with Crippen molar-refractivity contribution in [3.63, 3.8) is 0 Å². The maximum atomic E-state index is 11.2. The molecule has 0 atom stereocenters. The van der Waals surface area contributed by atoms with Crippen molar-refractivity contribution >= 4 is 30.4 Å². The summed E-state index contributed by atoms with van der Waals surface area (Å²) in [5.41, 5.74) is -17.3. The van der Waals surface area contributed by atoms with Gasteiger partial charge in [-0.1, -0.05) is 0 Å². The van der Waals surface area contributed by atoms with Gasteiger partial charge in [0.2, 0.25) is 0 Å². The Morgan fingerprint density at radius 1 is 0.455 bits per heavy atom. The third-order valence-corrected chi connectivity index (χ3v) is 3.98. The number of halogens is 9. The second-order valence-electron chi connectivity index (χ2n) is 3.59. The van der Waals surface area contributed by atoms with Gasteiger partial charge in [-0.15, -0.1) is 30.3 Å². The molecule has 33 heavy (non-hydrogen) atoms. The summed E-state index contributed by atoms with van der Waals surface area (Å²) >= 11 is 0. The van der Waals surface area contributed by atoms with Crippen molar-refractivity contribution in [3.8, 4) is 0 Å². The highest BCUT2D eigenvalue weighted by Crippen LogP contribution is 2.25. The molecule has 0 aliphatic rings. The number of nitrogens with zero attached hydrogens (tertiary/aromatic N) is 3. The highest BCUT2D eigenvalue weighted by molar-refractivity contribution is 7.88. The quantitative estimate of drug-likeness (QED) is 0.174. The van der Waals surface area contributed by atoms with E-state index >= 15 is 0 Å². The maximum Gasteiger partial charge on any atom is 0.522 e. The lowest BCUT2D eigenvalue weighted by atomic mass is 11.6. The van der Waals surface area contributed by atoms with E-state index in [2.05, 4.69) is 12.9 Å². The fraction of sp³-hybridized carbons (Fsp3) is 1.00. The van der Waals surface area contributed by atoms with E-state index in [1.165, 1.54) is 0 Å². The first kappa shape index (κ1) is 34.4. The topological polar surface area (TPSA) is 260 Å². The molecule has 0 radical (unpaired) electrons. The molecule has 0 amide bonds. The standard InChI is InChI=1S/3CF3NO5S/c3*2-1(3,4)11(8,9)10-5(6)7. The third-order valence-electron chi connectivity index (χ3n) is 1.33. The number of alkyl halides is 9. The van der Waals surface area contributed by atoms with Crippen LogP contribution in [0.4, 0.5) is 39.5 Å². The summed E-state index contributed by atoms with van der Waals surface area (Å²) < 4.78 is 166. The van der Waals surface area contributed by atoms with E-state index in [0.29, 0.717) is 0 Å². The molecule has 0 N–H and O–H groups in total. The van der Waals surface area contributed by atoms with Gasteiger partial charge in [-0.3, -0.25) is 0 Å². The van der Waals surface area contributed by atoms with Crippen LogP contribution in [0.1, 0.15) is 0 Å². The van der Waals surface area contributed by atoms with Gasteiger partial charge in [-0.25, -0.2) is 0 Å². The van der Waals surface area contributed by atoms with Crippen molar-refractivity contribution in [2.24, 2.45) is 0 Å². The third kappa shape index (κ3) is 13.8. The Kier molecular flexibility index (Phi) is 11.6. The zero-order valence-electron chi connectivity index (χ0n) is 13.6. The maximum absolute atomic E-state index is 11.2. The minimum absolute atomic E-state index is 2.05.